The molecule has 0 aliphatic rings. The molecule has 0 aromatic heterocycles. The third-order valence-electron chi connectivity index (χ3n) is 29.1. The minimum Gasteiger partial charge on any atom is -0.325 e. The highest BCUT2D eigenvalue weighted by Gasteiger charge is 2.23. The summed E-state index contributed by atoms with van der Waals surface area (Å²) in [6.45, 7) is 28.1. The number of nitrogens with zero attached hydrogens (tertiary/aromatic N) is 6. The van der Waals surface area contributed by atoms with Crippen molar-refractivity contribution in [3.63, 3.8) is 0 Å². The zero-order chi connectivity index (χ0) is 95.8. The van der Waals surface area contributed by atoms with E-state index in [9.17, 15) is 0 Å². The highest BCUT2D eigenvalue weighted by atomic mass is 15.3. The van der Waals surface area contributed by atoms with E-state index in [0.717, 1.165) is 66.2 Å². The zero-order valence-electron chi connectivity index (χ0n) is 91.5. The van der Waals surface area contributed by atoms with Crippen LogP contribution in [0.4, 0.5) is 0 Å². The van der Waals surface area contributed by atoms with Crippen molar-refractivity contribution in [2.45, 2.75) is 466 Å². The van der Waals surface area contributed by atoms with Gasteiger partial charge in [-0.2, -0.15) is 0 Å². The maximum absolute atomic E-state index is 2.41. The second kappa shape index (κ2) is 74.2. The fraction of sp³-hybridized carbons (Fsp3) is 0.714. The predicted octanol–water partition coefficient (Wildman–Crippen LogP) is 37.0. The van der Waals surface area contributed by atoms with E-state index in [1.165, 1.54) is 491 Å². The summed E-state index contributed by atoms with van der Waals surface area (Å²) in [6, 6.07) is 56.2. The molecule has 0 fully saturated rings. The van der Waals surface area contributed by atoms with Crippen molar-refractivity contribution in [1.29, 1.82) is 0 Å². The van der Waals surface area contributed by atoms with E-state index in [-0.39, 0.29) is 0 Å². The smallest absolute Gasteiger partial charge is 0.104 e. The van der Waals surface area contributed by atoms with Gasteiger partial charge >= 0.3 is 0 Å². The molecule has 0 saturated heterocycles. The van der Waals surface area contributed by atoms with Crippen molar-refractivity contribution in [3.05, 3.63) is 179 Å². The molecule has 6 aromatic rings. The minimum atomic E-state index is 1.08. The SMILES string of the molecule is CCCCCCCCCCCCCCCC[N+](C)(C)Cc1ccc(-c2ccc(C[N+](C)(C)CCCCCCCCCCCCCCCC)cc2)cc1.CCCCCCCCCCCC[N+](C)(C)Cc1ccc(-c2ccc(C[N+](C)(C)CCCCCCCCCCCC)cc2)cc1.CCCCCCCC[N+](C)(C)Cc1ccc(-c2ccc(C[N+](C)(C)CCCCCCCC)cc2)cc1. The Balaban J connectivity index is 0.000000421. The molecular weight excluding hydrogens is 1600 g/mol. The van der Waals surface area contributed by atoms with Crippen molar-refractivity contribution >= 4 is 0 Å². The molecule has 6 aromatic carbocycles. The van der Waals surface area contributed by atoms with Gasteiger partial charge in [-0.3, -0.25) is 0 Å². The molecule has 6 nitrogen and oxygen atoms in total. The van der Waals surface area contributed by atoms with Crippen molar-refractivity contribution in [3.8, 4) is 33.4 Å². The first-order valence-electron chi connectivity index (χ1n) is 57.2. The van der Waals surface area contributed by atoms with E-state index in [4.69, 9.17) is 0 Å². The summed E-state index contributed by atoms with van der Waals surface area (Å²) >= 11 is 0. The Morgan fingerprint density at radius 3 is 0.288 bits per heavy atom. The van der Waals surface area contributed by atoms with Crippen LogP contribution >= 0.6 is 0 Å². The van der Waals surface area contributed by atoms with Gasteiger partial charge in [-0.25, -0.2) is 0 Å². The van der Waals surface area contributed by atoms with E-state index in [1.807, 2.05) is 0 Å². The molecule has 0 amide bonds. The van der Waals surface area contributed by atoms with Crippen LogP contribution in [0.1, 0.15) is 460 Å². The van der Waals surface area contributed by atoms with Crippen molar-refractivity contribution < 1.29 is 26.9 Å². The summed E-state index contributed by atoms with van der Waals surface area (Å²) in [5, 5.41) is 0. The number of rotatable bonds is 81. The van der Waals surface area contributed by atoms with Crippen molar-refractivity contribution in [1.82, 2.24) is 0 Å². The molecule has 750 valence electrons. The topological polar surface area (TPSA) is 0 Å². The molecule has 0 unspecified atom stereocenters. The number of hydrogen-bond acceptors (Lipinski definition) is 0. The molecule has 0 aliphatic heterocycles. The first-order chi connectivity index (χ1) is 63.7. The quantitative estimate of drug-likeness (QED) is 0.0264. The van der Waals surface area contributed by atoms with E-state index >= 15 is 0 Å². The van der Waals surface area contributed by atoms with E-state index in [1.54, 1.807) is 0 Å². The lowest BCUT2D eigenvalue weighted by Crippen LogP contribution is -2.39. The standard InChI is InChI=1S/C50H90N2.C42H74N2.C34H58N2/c1-7-9-11-13-15-17-19-21-23-25-27-29-31-33-43-51(3,4)45-47-35-39-49(40-36-47)50-41-37-48(38-42-50)46-52(5,6)44-34-32-30-28-26-24-22-20-18-16-14-12-10-8-2;1-7-9-11-13-15-17-19-21-23-25-35-43(3,4)37-39-27-31-41(32-28-39)42-33-29-40(30-34-42)38-44(5,6)36-26-24-22-20-18-16-14-12-10-8-2;1-7-9-11-13-15-17-27-35(3,4)29-31-19-23-33(24-20-31)34-25-21-32(22-26-34)30-36(5,6)28-18-16-14-12-10-8-2/h35-42H,7-34,43-46H2,1-6H3;27-34H,7-26,35-38H2,1-6H3;19-26H,7-18,27-30H2,1-6H3/q3*+2. The lowest BCUT2D eigenvalue weighted by Gasteiger charge is -2.30. The molecule has 0 heterocycles. The van der Waals surface area contributed by atoms with Crippen LogP contribution in [0.15, 0.2) is 146 Å². The highest BCUT2D eigenvalue weighted by Crippen LogP contribution is 2.30. The summed E-state index contributed by atoms with van der Waals surface area (Å²) in [5.74, 6) is 0. The average Bonchev–Trinajstić information content (AvgIpc) is 0.843. The zero-order valence-corrected chi connectivity index (χ0v) is 91.5. The molecule has 0 radical (unpaired) electrons. The van der Waals surface area contributed by atoms with E-state index in [0.29, 0.717) is 0 Å². The van der Waals surface area contributed by atoms with E-state index in [2.05, 4.69) is 272 Å². The molecule has 0 aliphatic carbocycles. The molecule has 0 atom stereocenters. The molecule has 6 rings (SSSR count). The fourth-order valence-electron chi connectivity index (χ4n) is 20.4. The number of unbranched alkanes of at least 4 members (excludes halogenated alkanes) is 54. The summed E-state index contributed by atoms with van der Waals surface area (Å²) in [6.07, 6.45) is 84.8. The third-order valence-corrected chi connectivity index (χ3v) is 29.1. The third kappa shape index (κ3) is 62.8. The molecule has 0 saturated carbocycles. The van der Waals surface area contributed by atoms with E-state index < -0.39 is 0 Å². The normalized spacial score (nSPS) is 12.2. The lowest BCUT2D eigenvalue weighted by molar-refractivity contribution is -0.903. The van der Waals surface area contributed by atoms with Crippen LogP contribution in [-0.2, 0) is 39.3 Å². The molecule has 6 heteroatoms. The molecule has 132 heavy (non-hydrogen) atoms. The van der Waals surface area contributed by atoms with Gasteiger partial charge in [-0.15, -0.1) is 0 Å². The molecule has 0 N–H and O–H groups in total. The highest BCUT2D eigenvalue weighted by molar-refractivity contribution is 5.66. The Bertz CT molecular complexity index is 3340. The van der Waals surface area contributed by atoms with Crippen molar-refractivity contribution in [2.75, 3.05) is 124 Å². The Morgan fingerprint density at radius 2 is 0.197 bits per heavy atom. The minimum absolute atomic E-state index is 1.08. The molecule has 0 bridgehead atoms. The van der Waals surface area contributed by atoms with Gasteiger partial charge in [-0.1, -0.05) is 495 Å². The number of hydrogen-bond donors (Lipinski definition) is 0. The Labute approximate surface area is 823 Å². The second-order valence-electron chi connectivity index (χ2n) is 46.2. The van der Waals surface area contributed by atoms with Crippen LogP contribution in [0.25, 0.3) is 33.4 Å². The average molecular weight is 1820 g/mol. The van der Waals surface area contributed by atoms with Gasteiger partial charge < -0.3 is 26.9 Å². The predicted molar refractivity (Wildman–Crippen MR) is 591 cm³/mol. The number of benzene rings is 6. The van der Waals surface area contributed by atoms with Crippen LogP contribution in [-0.4, -0.2) is 151 Å². The maximum Gasteiger partial charge on any atom is 0.104 e. The van der Waals surface area contributed by atoms with Crippen molar-refractivity contribution in [2.24, 2.45) is 0 Å². The monoisotopic (exact) mass is 1820 g/mol. The van der Waals surface area contributed by atoms with Gasteiger partial charge in [0.25, 0.3) is 0 Å². The molecular formula is C126H222N6+6. The number of quaternary nitrogens is 6. The maximum atomic E-state index is 2.41. The Morgan fingerprint density at radius 1 is 0.114 bits per heavy atom. The van der Waals surface area contributed by atoms with Crippen LogP contribution in [0.2, 0.25) is 0 Å². The van der Waals surface area contributed by atoms with Gasteiger partial charge in [-0.05, 0) is 110 Å². The first kappa shape index (κ1) is 119. The Hall–Kier alpha value is -4.92. The van der Waals surface area contributed by atoms with Crippen LogP contribution in [0.3, 0.4) is 0 Å². The lowest BCUT2D eigenvalue weighted by atomic mass is 10.0. The van der Waals surface area contributed by atoms with Crippen LogP contribution in [0, 0.1) is 0 Å². The largest absolute Gasteiger partial charge is 0.325 e. The van der Waals surface area contributed by atoms with Gasteiger partial charge in [0.05, 0.1) is 124 Å². The Kier molecular flexibility index (Phi) is 67.1. The van der Waals surface area contributed by atoms with Crippen LogP contribution < -0.4 is 0 Å². The van der Waals surface area contributed by atoms with Crippen LogP contribution in [0.5, 0.6) is 0 Å². The summed E-state index contributed by atoms with van der Waals surface area (Å²) in [4.78, 5) is 0. The fourth-order valence-corrected chi connectivity index (χ4v) is 20.4. The second-order valence-corrected chi connectivity index (χ2v) is 46.2. The van der Waals surface area contributed by atoms with Gasteiger partial charge in [0, 0.05) is 33.4 Å². The summed E-state index contributed by atoms with van der Waals surface area (Å²) in [7, 11) is 28.8. The van der Waals surface area contributed by atoms with Gasteiger partial charge in [0.1, 0.15) is 39.3 Å². The van der Waals surface area contributed by atoms with Gasteiger partial charge in [0.2, 0.25) is 0 Å². The summed E-state index contributed by atoms with van der Waals surface area (Å²) < 4.78 is 6.49. The first-order valence-corrected chi connectivity index (χ1v) is 57.2. The summed E-state index contributed by atoms with van der Waals surface area (Å²) in [5.41, 5.74) is 16.7. The molecule has 0 spiro atoms. The van der Waals surface area contributed by atoms with Gasteiger partial charge in [0.15, 0.2) is 0 Å².